The average molecular weight is 519 g/mol. The summed E-state index contributed by atoms with van der Waals surface area (Å²) in [5.74, 6) is 0. The Bertz CT molecular complexity index is 1290. The van der Waals surface area contributed by atoms with Crippen molar-refractivity contribution in [3.05, 3.63) is 106 Å². The molecule has 1 aliphatic heterocycles. The van der Waals surface area contributed by atoms with Crippen molar-refractivity contribution in [1.82, 2.24) is 0 Å². The van der Waals surface area contributed by atoms with Crippen LogP contribution in [0.4, 0.5) is 0 Å². The Morgan fingerprint density at radius 2 is 0.935 bits per heavy atom. The molecule has 31 heavy (non-hydrogen) atoms. The number of rotatable bonds is 0. The molecule has 0 saturated carbocycles. The summed E-state index contributed by atoms with van der Waals surface area (Å²) in [5, 5.41) is 5.56. The second kappa shape index (κ2) is 8.04. The maximum absolute atomic E-state index is 2.54. The molecule has 1 heterocycles. The van der Waals surface area contributed by atoms with Gasteiger partial charge in [-0.05, 0) is 0 Å². The predicted octanol–water partition coefficient (Wildman–Crippen LogP) is 1.45. The molecule has 0 aromatic heterocycles. The maximum atomic E-state index is 2.54. The van der Waals surface area contributed by atoms with Crippen molar-refractivity contribution >= 4 is 33.7 Å². The van der Waals surface area contributed by atoms with E-state index < -0.39 is 23.2 Å². The van der Waals surface area contributed by atoms with Gasteiger partial charge in [0.05, 0.1) is 0 Å². The largest absolute Gasteiger partial charge is 1.00 e. The standard InChI is InChI=1S/C28H20.2ClH.Zr/c1-2-6-22-16-26-12-19(11-25(26)15-21(22)5-1)9-10-20-13-27-17-23-7-3-4-8-24(23)18-28(27)14-20;;;/h1-8,11-18H,9-10H2;2*1H;/q;;;+2/p-2. The topological polar surface area (TPSA) is 0 Å². The number of allylic oxidation sites excluding steroid dienone is 2. The molecule has 1 saturated heterocycles. The molecule has 1 fully saturated rings. The Morgan fingerprint density at radius 1 is 0.548 bits per heavy atom. The Kier molecular flexibility index (Phi) is 5.50. The first-order valence-electron chi connectivity index (χ1n) is 10.6. The molecule has 150 valence electrons. The zero-order valence-corrected chi connectivity index (χ0v) is 20.9. The van der Waals surface area contributed by atoms with E-state index in [-0.39, 0.29) is 24.8 Å². The SMILES string of the molecule is C1=C2CCC3=Cc4cc5ccccc5cc4[CH]3[Zr+2][CH]2c2cc3ccccc3cc21.[Cl-].[Cl-]. The second-order valence-corrected chi connectivity index (χ2v) is 12.3. The van der Waals surface area contributed by atoms with Crippen LogP contribution in [0.5, 0.6) is 0 Å². The third-order valence-corrected chi connectivity index (χ3v) is 12.0. The van der Waals surface area contributed by atoms with Crippen molar-refractivity contribution < 1.29 is 48.0 Å². The molecule has 0 bridgehead atoms. The minimum absolute atomic E-state index is 0. The molecule has 3 aliphatic rings. The summed E-state index contributed by atoms with van der Waals surface area (Å²) in [7, 11) is 0. The van der Waals surface area contributed by atoms with Crippen LogP contribution in [-0.4, -0.2) is 0 Å². The summed E-state index contributed by atoms with van der Waals surface area (Å²) in [4.78, 5) is 0. The normalized spacial score (nSPS) is 19.9. The van der Waals surface area contributed by atoms with Gasteiger partial charge in [0.25, 0.3) is 0 Å². The van der Waals surface area contributed by atoms with Crippen LogP contribution < -0.4 is 24.8 Å². The molecule has 4 aromatic carbocycles. The summed E-state index contributed by atoms with van der Waals surface area (Å²) in [6.45, 7) is 0. The quantitative estimate of drug-likeness (QED) is 0.331. The molecule has 2 atom stereocenters. The fourth-order valence-corrected chi connectivity index (χ4v) is 10.7. The minimum atomic E-state index is -0.707. The van der Waals surface area contributed by atoms with Crippen molar-refractivity contribution in [3.8, 4) is 0 Å². The molecule has 0 N–H and O–H groups in total. The summed E-state index contributed by atoms with van der Waals surface area (Å²) >= 11 is -0.707. The van der Waals surface area contributed by atoms with E-state index in [1.165, 1.54) is 45.5 Å². The van der Waals surface area contributed by atoms with E-state index in [1.54, 1.807) is 22.3 Å². The van der Waals surface area contributed by atoms with E-state index in [9.17, 15) is 0 Å². The first kappa shape index (κ1) is 21.2. The van der Waals surface area contributed by atoms with Crippen LogP contribution in [0.3, 0.4) is 0 Å². The minimum Gasteiger partial charge on any atom is -1.00 e. The summed E-state index contributed by atoms with van der Waals surface area (Å²) in [6.07, 6.45) is 7.56. The van der Waals surface area contributed by atoms with Crippen molar-refractivity contribution in [1.29, 1.82) is 0 Å². The molecular formula is C28H20Cl2Zr. The number of benzene rings is 4. The number of hydrogen-bond acceptors (Lipinski definition) is 0. The van der Waals surface area contributed by atoms with Gasteiger partial charge in [-0.25, -0.2) is 0 Å². The van der Waals surface area contributed by atoms with Crippen LogP contribution in [0.2, 0.25) is 0 Å². The molecule has 2 unspecified atom stereocenters. The van der Waals surface area contributed by atoms with Crippen molar-refractivity contribution in [2.75, 3.05) is 0 Å². The molecule has 0 amide bonds. The van der Waals surface area contributed by atoms with Gasteiger partial charge in [-0.1, -0.05) is 0 Å². The fraction of sp³-hybridized carbons (Fsp3) is 0.143. The summed E-state index contributed by atoms with van der Waals surface area (Å²) in [5.41, 5.74) is 9.68. The molecule has 4 aromatic rings. The van der Waals surface area contributed by atoms with Crippen molar-refractivity contribution in [2.45, 2.75) is 20.1 Å². The van der Waals surface area contributed by atoms with Gasteiger partial charge in [0.15, 0.2) is 0 Å². The first-order chi connectivity index (χ1) is 14.3. The third-order valence-electron chi connectivity index (χ3n) is 6.98. The summed E-state index contributed by atoms with van der Waals surface area (Å²) in [6, 6.07) is 27.6. The van der Waals surface area contributed by atoms with Gasteiger partial charge in [-0.15, -0.1) is 0 Å². The number of hydrogen-bond donors (Lipinski definition) is 0. The molecule has 0 nitrogen and oxygen atoms in total. The van der Waals surface area contributed by atoms with Crippen molar-refractivity contribution in [2.24, 2.45) is 0 Å². The maximum Gasteiger partial charge on any atom is -1.00 e. The van der Waals surface area contributed by atoms with Crippen LogP contribution >= 0.6 is 0 Å². The van der Waals surface area contributed by atoms with Gasteiger partial charge in [0.2, 0.25) is 0 Å². The van der Waals surface area contributed by atoms with E-state index in [1.807, 2.05) is 0 Å². The predicted molar refractivity (Wildman–Crippen MR) is 119 cm³/mol. The van der Waals surface area contributed by atoms with Gasteiger partial charge in [0.1, 0.15) is 0 Å². The van der Waals surface area contributed by atoms with Gasteiger partial charge in [-0.3, -0.25) is 0 Å². The van der Waals surface area contributed by atoms with Crippen LogP contribution in [-0.2, 0) is 23.2 Å². The number of halogens is 2. The Labute approximate surface area is 206 Å². The van der Waals surface area contributed by atoms with E-state index in [0.29, 0.717) is 0 Å². The Balaban J connectivity index is 0.00000102. The molecule has 0 spiro atoms. The smallest absolute Gasteiger partial charge is 1.00 e. The number of fused-ring (bicyclic) bond motifs is 8. The van der Waals surface area contributed by atoms with Crippen molar-refractivity contribution in [3.63, 3.8) is 0 Å². The van der Waals surface area contributed by atoms with Gasteiger partial charge in [0, 0.05) is 0 Å². The molecule has 0 radical (unpaired) electrons. The van der Waals surface area contributed by atoms with Gasteiger partial charge in [-0.2, -0.15) is 0 Å². The van der Waals surface area contributed by atoms with Gasteiger partial charge >= 0.3 is 183 Å². The average Bonchev–Trinajstić information content (AvgIpc) is 3.20. The monoisotopic (exact) mass is 516 g/mol. The van der Waals surface area contributed by atoms with Crippen LogP contribution in [0.25, 0.3) is 33.7 Å². The molecular weight excluding hydrogens is 498 g/mol. The first-order valence-corrected chi connectivity index (χ1v) is 13.4. The molecule has 2 aliphatic carbocycles. The Hall–Kier alpha value is -1.66. The molecule has 3 heteroatoms. The summed E-state index contributed by atoms with van der Waals surface area (Å²) < 4.78 is 1.48. The second-order valence-electron chi connectivity index (χ2n) is 8.63. The molecule has 7 rings (SSSR count). The van der Waals surface area contributed by atoms with Crippen LogP contribution in [0.15, 0.2) is 83.9 Å². The zero-order chi connectivity index (χ0) is 18.9. The van der Waals surface area contributed by atoms with Gasteiger partial charge < -0.3 is 24.8 Å². The third kappa shape index (κ3) is 3.29. The van der Waals surface area contributed by atoms with E-state index in [0.717, 1.165) is 7.25 Å². The van der Waals surface area contributed by atoms with E-state index in [2.05, 4.69) is 84.9 Å². The van der Waals surface area contributed by atoms with Crippen LogP contribution in [0, 0.1) is 0 Å². The fourth-order valence-electron chi connectivity index (χ4n) is 5.55. The van der Waals surface area contributed by atoms with Crippen LogP contribution in [0.1, 0.15) is 42.3 Å². The zero-order valence-electron chi connectivity index (χ0n) is 16.9. The van der Waals surface area contributed by atoms with E-state index in [4.69, 9.17) is 0 Å². The van der Waals surface area contributed by atoms with E-state index >= 15 is 0 Å². The Morgan fingerprint density at radius 3 is 1.35 bits per heavy atom.